The van der Waals surface area contributed by atoms with E-state index in [1.165, 1.54) is 0 Å². The Kier molecular flexibility index (Phi) is 2.65. The second-order valence-corrected chi connectivity index (χ2v) is 2.92. The second kappa shape index (κ2) is 3.32. The van der Waals surface area contributed by atoms with Crippen LogP contribution in [-0.4, -0.2) is 35.6 Å². The van der Waals surface area contributed by atoms with Crippen molar-refractivity contribution in [3.8, 4) is 0 Å². The zero-order chi connectivity index (χ0) is 7.56. The minimum absolute atomic E-state index is 0.0570. The van der Waals surface area contributed by atoms with Crippen molar-refractivity contribution in [2.24, 2.45) is 5.92 Å². The predicted molar refractivity (Wildman–Crippen MR) is 36.6 cm³/mol. The highest BCUT2D eigenvalue weighted by molar-refractivity contribution is 4.74. The summed E-state index contributed by atoms with van der Waals surface area (Å²) in [5.74, 6) is 0.255. The summed E-state index contributed by atoms with van der Waals surface area (Å²) in [6.45, 7) is 2.40. The van der Waals surface area contributed by atoms with E-state index >= 15 is 0 Å². The summed E-state index contributed by atoms with van der Waals surface area (Å²) in [5.41, 5.74) is 0. The van der Waals surface area contributed by atoms with Crippen molar-refractivity contribution in [3.63, 3.8) is 0 Å². The first-order valence-electron chi connectivity index (χ1n) is 3.64. The zero-order valence-corrected chi connectivity index (χ0v) is 6.16. The Balaban J connectivity index is 2.33. The maximum Gasteiger partial charge on any atom is 0.0810 e. The summed E-state index contributed by atoms with van der Waals surface area (Å²) < 4.78 is 5.11. The zero-order valence-electron chi connectivity index (χ0n) is 6.16. The fraction of sp³-hybridized carbons (Fsp3) is 1.00. The number of aliphatic hydroxyl groups is 2. The summed E-state index contributed by atoms with van der Waals surface area (Å²) in [7, 11) is 0. The van der Waals surface area contributed by atoms with Crippen LogP contribution in [-0.2, 0) is 4.74 Å². The van der Waals surface area contributed by atoms with Crippen molar-refractivity contribution in [1.82, 2.24) is 0 Å². The average Bonchev–Trinajstić information content (AvgIpc) is 1.95. The number of hydrogen-bond acceptors (Lipinski definition) is 3. The Morgan fingerprint density at radius 1 is 1.60 bits per heavy atom. The molecule has 1 aliphatic rings. The quantitative estimate of drug-likeness (QED) is 0.537. The molecular weight excluding hydrogens is 132 g/mol. The number of aliphatic hydroxyl groups excluding tert-OH is 2. The van der Waals surface area contributed by atoms with Crippen molar-refractivity contribution in [1.29, 1.82) is 0 Å². The molecule has 2 N–H and O–H groups in total. The first-order valence-corrected chi connectivity index (χ1v) is 3.64. The molecule has 0 bridgehead atoms. The SMILES string of the molecule is CC1CC(CO)OC[C@H]1O. The number of hydrogen-bond donors (Lipinski definition) is 2. The van der Waals surface area contributed by atoms with Gasteiger partial charge in [0.15, 0.2) is 0 Å². The van der Waals surface area contributed by atoms with Gasteiger partial charge in [0.1, 0.15) is 0 Å². The molecule has 1 rings (SSSR count). The average molecular weight is 146 g/mol. The molecule has 10 heavy (non-hydrogen) atoms. The van der Waals surface area contributed by atoms with Gasteiger partial charge in [0, 0.05) is 0 Å². The minimum Gasteiger partial charge on any atom is -0.394 e. The maximum atomic E-state index is 9.18. The summed E-state index contributed by atoms with van der Waals surface area (Å²) in [6, 6.07) is 0. The van der Waals surface area contributed by atoms with Crippen molar-refractivity contribution in [2.75, 3.05) is 13.2 Å². The second-order valence-electron chi connectivity index (χ2n) is 2.92. The highest BCUT2D eigenvalue weighted by Crippen LogP contribution is 2.19. The van der Waals surface area contributed by atoms with Crippen LogP contribution in [0.15, 0.2) is 0 Å². The first kappa shape index (κ1) is 7.98. The standard InChI is InChI=1S/C7H14O3/c1-5-2-6(3-8)10-4-7(5)9/h5-9H,2-4H2,1H3/t5?,6?,7-/m1/s1. The smallest absolute Gasteiger partial charge is 0.0810 e. The van der Waals surface area contributed by atoms with Crippen LogP contribution in [0.1, 0.15) is 13.3 Å². The van der Waals surface area contributed by atoms with Gasteiger partial charge >= 0.3 is 0 Å². The molecule has 1 fully saturated rings. The lowest BCUT2D eigenvalue weighted by Crippen LogP contribution is -2.37. The number of ether oxygens (including phenoxy) is 1. The van der Waals surface area contributed by atoms with E-state index in [-0.39, 0.29) is 24.7 Å². The summed E-state index contributed by atoms with van der Waals surface area (Å²) in [6.07, 6.45) is 0.360. The lowest BCUT2D eigenvalue weighted by Gasteiger charge is -2.30. The third kappa shape index (κ3) is 1.68. The molecule has 1 saturated heterocycles. The lowest BCUT2D eigenvalue weighted by atomic mass is 9.95. The van der Waals surface area contributed by atoms with Gasteiger partial charge in [-0.25, -0.2) is 0 Å². The van der Waals surface area contributed by atoms with Crippen molar-refractivity contribution in [2.45, 2.75) is 25.6 Å². The van der Waals surface area contributed by atoms with E-state index in [0.29, 0.717) is 6.61 Å². The highest BCUT2D eigenvalue weighted by atomic mass is 16.5. The number of rotatable bonds is 1. The monoisotopic (exact) mass is 146 g/mol. The van der Waals surface area contributed by atoms with Gasteiger partial charge in [-0.05, 0) is 12.3 Å². The van der Waals surface area contributed by atoms with Crippen molar-refractivity contribution in [3.05, 3.63) is 0 Å². The molecule has 0 spiro atoms. The Hall–Kier alpha value is -0.120. The van der Waals surface area contributed by atoms with Crippen molar-refractivity contribution < 1.29 is 14.9 Å². The van der Waals surface area contributed by atoms with E-state index in [0.717, 1.165) is 6.42 Å². The van der Waals surface area contributed by atoms with Gasteiger partial charge in [-0.3, -0.25) is 0 Å². The van der Waals surface area contributed by atoms with Crippen molar-refractivity contribution >= 4 is 0 Å². The van der Waals surface area contributed by atoms with Gasteiger partial charge in [0.25, 0.3) is 0 Å². The van der Waals surface area contributed by atoms with Crippen LogP contribution in [0, 0.1) is 5.92 Å². The van der Waals surface area contributed by atoms with Gasteiger partial charge in [0.2, 0.25) is 0 Å². The van der Waals surface area contributed by atoms with E-state index < -0.39 is 0 Å². The molecule has 0 amide bonds. The Labute approximate surface area is 60.6 Å². The molecule has 2 unspecified atom stereocenters. The summed E-state index contributed by atoms with van der Waals surface area (Å²) in [4.78, 5) is 0. The third-order valence-electron chi connectivity index (χ3n) is 2.00. The Morgan fingerprint density at radius 3 is 2.80 bits per heavy atom. The Morgan fingerprint density at radius 2 is 2.30 bits per heavy atom. The van der Waals surface area contributed by atoms with E-state index in [4.69, 9.17) is 9.84 Å². The molecule has 3 atom stereocenters. The first-order chi connectivity index (χ1) is 4.74. The molecule has 3 nitrogen and oxygen atoms in total. The fourth-order valence-corrected chi connectivity index (χ4v) is 1.17. The van der Waals surface area contributed by atoms with Crippen LogP contribution in [0.2, 0.25) is 0 Å². The van der Waals surface area contributed by atoms with Crippen LogP contribution in [0.25, 0.3) is 0 Å². The fourth-order valence-electron chi connectivity index (χ4n) is 1.17. The molecule has 0 aliphatic carbocycles. The van der Waals surface area contributed by atoms with Crippen LogP contribution in [0.5, 0.6) is 0 Å². The van der Waals surface area contributed by atoms with Gasteiger partial charge in [-0.1, -0.05) is 6.92 Å². The topological polar surface area (TPSA) is 49.7 Å². The summed E-state index contributed by atoms with van der Waals surface area (Å²) in [5, 5.41) is 17.9. The highest BCUT2D eigenvalue weighted by Gasteiger charge is 2.25. The molecule has 60 valence electrons. The van der Waals surface area contributed by atoms with Gasteiger partial charge in [-0.2, -0.15) is 0 Å². The van der Waals surface area contributed by atoms with E-state index in [1.54, 1.807) is 0 Å². The molecule has 0 radical (unpaired) electrons. The molecule has 3 heteroatoms. The van der Waals surface area contributed by atoms with E-state index in [9.17, 15) is 5.11 Å². The van der Waals surface area contributed by atoms with Crippen LogP contribution < -0.4 is 0 Å². The van der Waals surface area contributed by atoms with Crippen LogP contribution in [0.3, 0.4) is 0 Å². The molecular formula is C7H14O3. The van der Waals surface area contributed by atoms with Gasteiger partial charge in [-0.15, -0.1) is 0 Å². The van der Waals surface area contributed by atoms with E-state index in [1.807, 2.05) is 6.92 Å². The molecule has 1 aliphatic heterocycles. The molecule has 0 aromatic rings. The van der Waals surface area contributed by atoms with Crippen LogP contribution >= 0.6 is 0 Å². The van der Waals surface area contributed by atoms with Gasteiger partial charge < -0.3 is 14.9 Å². The normalized spacial score (nSPS) is 41.7. The molecule has 0 aromatic carbocycles. The predicted octanol–water partition coefficient (Wildman–Crippen LogP) is -0.235. The van der Waals surface area contributed by atoms with Gasteiger partial charge in [0.05, 0.1) is 25.4 Å². The molecule has 1 heterocycles. The molecule has 0 saturated carbocycles. The summed E-state index contributed by atoms with van der Waals surface area (Å²) >= 11 is 0. The molecule has 0 aromatic heterocycles. The van der Waals surface area contributed by atoms with Crippen LogP contribution in [0.4, 0.5) is 0 Å². The largest absolute Gasteiger partial charge is 0.394 e. The Bertz CT molecular complexity index is 105. The third-order valence-corrected chi connectivity index (χ3v) is 2.00. The maximum absolute atomic E-state index is 9.18. The lowest BCUT2D eigenvalue weighted by molar-refractivity contribution is -0.0984. The minimum atomic E-state index is -0.345. The van der Waals surface area contributed by atoms with E-state index in [2.05, 4.69) is 0 Å².